The minimum Gasteiger partial charge on any atom is -0.493 e. The van der Waals surface area contributed by atoms with Gasteiger partial charge in [-0.3, -0.25) is 0 Å². The topological polar surface area (TPSA) is 38.7 Å². The molecule has 20 heavy (non-hydrogen) atoms. The number of halogens is 2. The number of ether oxygens (including phenoxy) is 2. The van der Waals surface area contributed by atoms with Crippen molar-refractivity contribution in [2.24, 2.45) is 0 Å². The summed E-state index contributed by atoms with van der Waals surface area (Å²) in [4.78, 5) is 0. The zero-order chi connectivity index (χ0) is 14.5. The predicted octanol–water partition coefficient (Wildman–Crippen LogP) is 3.56. The van der Waals surface area contributed by atoms with Crippen molar-refractivity contribution in [3.63, 3.8) is 0 Å². The number of hydrogen-bond donors (Lipinski definition) is 1. The molecule has 0 atom stereocenters. The van der Waals surface area contributed by atoms with Crippen LogP contribution in [0.5, 0.6) is 11.5 Å². The van der Waals surface area contributed by atoms with Gasteiger partial charge in [-0.1, -0.05) is 23.7 Å². The molecule has 0 saturated heterocycles. The second-order valence-electron chi connectivity index (χ2n) is 4.18. The second-order valence-corrected chi connectivity index (χ2v) is 4.59. The Morgan fingerprint density at radius 1 is 1.10 bits per heavy atom. The summed E-state index contributed by atoms with van der Waals surface area (Å²) in [5.41, 5.74) is 1.49. The molecule has 0 fully saturated rings. The highest BCUT2D eigenvalue weighted by Crippen LogP contribution is 2.29. The minimum absolute atomic E-state index is 0.0636. The summed E-state index contributed by atoms with van der Waals surface area (Å²) in [6.07, 6.45) is 0. The molecule has 0 unspecified atom stereocenters. The van der Waals surface area contributed by atoms with Crippen molar-refractivity contribution >= 4 is 11.6 Å². The van der Waals surface area contributed by atoms with Gasteiger partial charge >= 0.3 is 0 Å². The van der Waals surface area contributed by atoms with Gasteiger partial charge < -0.3 is 14.6 Å². The molecule has 3 nitrogen and oxygen atoms in total. The highest BCUT2D eigenvalue weighted by Gasteiger charge is 2.07. The third-order valence-electron chi connectivity index (χ3n) is 2.79. The Morgan fingerprint density at radius 2 is 1.85 bits per heavy atom. The van der Waals surface area contributed by atoms with Gasteiger partial charge in [0.2, 0.25) is 0 Å². The number of hydrogen-bond acceptors (Lipinski definition) is 3. The van der Waals surface area contributed by atoms with E-state index in [9.17, 15) is 4.39 Å². The van der Waals surface area contributed by atoms with Crippen molar-refractivity contribution in [1.29, 1.82) is 0 Å². The zero-order valence-corrected chi connectivity index (χ0v) is 11.7. The summed E-state index contributed by atoms with van der Waals surface area (Å²) < 4.78 is 23.9. The first kappa shape index (κ1) is 14.6. The van der Waals surface area contributed by atoms with Crippen LogP contribution in [0.1, 0.15) is 11.1 Å². The lowest BCUT2D eigenvalue weighted by atomic mass is 10.2. The quantitative estimate of drug-likeness (QED) is 0.917. The maximum Gasteiger partial charge on any atom is 0.161 e. The van der Waals surface area contributed by atoms with E-state index in [2.05, 4.69) is 0 Å². The van der Waals surface area contributed by atoms with Crippen LogP contribution >= 0.6 is 11.6 Å². The lowest BCUT2D eigenvalue weighted by molar-refractivity contribution is 0.274. The van der Waals surface area contributed by atoms with Crippen LogP contribution < -0.4 is 9.47 Å². The molecule has 0 saturated carbocycles. The van der Waals surface area contributed by atoms with Gasteiger partial charge in [0.1, 0.15) is 12.4 Å². The summed E-state index contributed by atoms with van der Waals surface area (Å²) in [6, 6.07) is 9.59. The number of rotatable bonds is 5. The molecule has 1 N–H and O–H groups in total. The van der Waals surface area contributed by atoms with E-state index < -0.39 is 5.82 Å². The van der Waals surface area contributed by atoms with Crippen LogP contribution in [0.4, 0.5) is 4.39 Å². The molecule has 0 amide bonds. The lowest BCUT2D eigenvalue weighted by Gasteiger charge is -2.12. The van der Waals surface area contributed by atoms with Crippen molar-refractivity contribution < 1.29 is 19.0 Å². The molecule has 0 aliphatic rings. The van der Waals surface area contributed by atoms with E-state index in [-0.39, 0.29) is 18.2 Å². The monoisotopic (exact) mass is 296 g/mol. The molecule has 2 rings (SSSR count). The minimum atomic E-state index is -0.458. The van der Waals surface area contributed by atoms with Gasteiger partial charge in [0.25, 0.3) is 0 Å². The lowest BCUT2D eigenvalue weighted by Crippen LogP contribution is -1.99. The molecule has 2 aromatic carbocycles. The molecule has 0 aliphatic carbocycles. The molecule has 0 radical (unpaired) electrons. The second kappa shape index (κ2) is 6.59. The molecule has 0 aromatic heterocycles. The summed E-state index contributed by atoms with van der Waals surface area (Å²) in [6.45, 7) is 0.180. The Bertz CT molecular complexity index is 602. The fourth-order valence-electron chi connectivity index (χ4n) is 1.72. The maximum absolute atomic E-state index is 13.0. The van der Waals surface area contributed by atoms with Crippen LogP contribution in [0.25, 0.3) is 0 Å². The molecule has 106 valence electrons. The van der Waals surface area contributed by atoms with Crippen LogP contribution in [0.3, 0.4) is 0 Å². The van der Waals surface area contributed by atoms with E-state index in [0.29, 0.717) is 11.5 Å². The van der Waals surface area contributed by atoms with E-state index in [1.54, 1.807) is 24.3 Å². The Balaban J connectivity index is 2.12. The zero-order valence-electron chi connectivity index (χ0n) is 10.9. The van der Waals surface area contributed by atoms with E-state index in [4.69, 9.17) is 26.2 Å². The molecule has 5 heteroatoms. The Labute approximate surface area is 121 Å². The molecule has 0 bridgehead atoms. The summed E-state index contributed by atoms with van der Waals surface area (Å²) in [7, 11) is 1.53. The van der Waals surface area contributed by atoms with Gasteiger partial charge in [0.15, 0.2) is 11.5 Å². The predicted molar refractivity (Wildman–Crippen MR) is 74.7 cm³/mol. The van der Waals surface area contributed by atoms with Gasteiger partial charge in [-0.05, 0) is 35.4 Å². The van der Waals surface area contributed by atoms with Crippen molar-refractivity contribution in [3.05, 3.63) is 58.4 Å². The van der Waals surface area contributed by atoms with Crippen LogP contribution in [0.15, 0.2) is 36.4 Å². The fourth-order valence-corrected chi connectivity index (χ4v) is 1.92. The average Bonchev–Trinajstić information content (AvgIpc) is 2.48. The van der Waals surface area contributed by atoms with Gasteiger partial charge in [0, 0.05) is 0 Å². The third kappa shape index (κ3) is 3.40. The Morgan fingerprint density at radius 3 is 2.50 bits per heavy atom. The van der Waals surface area contributed by atoms with E-state index >= 15 is 0 Å². The average molecular weight is 297 g/mol. The van der Waals surface area contributed by atoms with E-state index in [1.165, 1.54) is 19.2 Å². The van der Waals surface area contributed by atoms with Gasteiger partial charge in [-0.15, -0.1) is 0 Å². The first-order chi connectivity index (χ1) is 9.63. The normalized spacial score (nSPS) is 10.4. The van der Waals surface area contributed by atoms with E-state index in [1.807, 2.05) is 0 Å². The highest BCUT2D eigenvalue weighted by molar-refractivity contribution is 6.30. The fraction of sp³-hybridized carbons (Fsp3) is 0.200. The first-order valence-corrected chi connectivity index (χ1v) is 6.36. The van der Waals surface area contributed by atoms with Crippen LogP contribution in [0, 0.1) is 5.82 Å². The largest absolute Gasteiger partial charge is 0.493 e. The highest BCUT2D eigenvalue weighted by atomic mass is 35.5. The van der Waals surface area contributed by atoms with Crippen molar-refractivity contribution in [2.75, 3.05) is 7.11 Å². The van der Waals surface area contributed by atoms with Crippen LogP contribution in [-0.2, 0) is 13.2 Å². The van der Waals surface area contributed by atoms with Crippen molar-refractivity contribution in [1.82, 2.24) is 0 Å². The molecular formula is C15H14ClFO3. The Hall–Kier alpha value is -1.78. The summed E-state index contributed by atoms with van der Waals surface area (Å²) >= 11 is 5.71. The molecular weight excluding hydrogens is 283 g/mol. The van der Waals surface area contributed by atoms with Crippen molar-refractivity contribution in [2.45, 2.75) is 13.2 Å². The molecule has 2 aromatic rings. The number of aliphatic hydroxyl groups is 1. The van der Waals surface area contributed by atoms with Crippen LogP contribution in [0.2, 0.25) is 5.02 Å². The molecule has 0 heterocycles. The smallest absolute Gasteiger partial charge is 0.161 e. The maximum atomic E-state index is 13.0. The Kier molecular flexibility index (Phi) is 4.82. The van der Waals surface area contributed by atoms with Gasteiger partial charge in [-0.25, -0.2) is 4.39 Å². The number of methoxy groups -OCH3 is 1. The van der Waals surface area contributed by atoms with Crippen LogP contribution in [-0.4, -0.2) is 12.2 Å². The summed E-state index contributed by atoms with van der Waals surface area (Å²) in [5.74, 6) is 0.621. The number of benzene rings is 2. The first-order valence-electron chi connectivity index (χ1n) is 5.98. The standard InChI is InChI=1S/C15H14ClFO3/c1-19-15-7-10(8-18)3-5-14(15)20-9-11-2-4-13(17)12(16)6-11/h2-7,18H,8-9H2,1H3. The van der Waals surface area contributed by atoms with Crippen molar-refractivity contribution in [3.8, 4) is 11.5 Å². The number of aliphatic hydroxyl groups excluding tert-OH is 1. The SMILES string of the molecule is COc1cc(CO)ccc1OCc1ccc(F)c(Cl)c1. The third-order valence-corrected chi connectivity index (χ3v) is 3.08. The van der Waals surface area contributed by atoms with Gasteiger partial charge in [-0.2, -0.15) is 0 Å². The molecule has 0 aliphatic heterocycles. The molecule has 0 spiro atoms. The summed E-state index contributed by atoms with van der Waals surface area (Å²) in [5, 5.41) is 9.13. The van der Waals surface area contributed by atoms with Gasteiger partial charge in [0.05, 0.1) is 18.7 Å². The van der Waals surface area contributed by atoms with E-state index in [0.717, 1.165) is 11.1 Å².